The maximum atomic E-state index is 11.9. The largest absolute Gasteiger partial charge is 0.272 e. The molecule has 0 bridgehead atoms. The summed E-state index contributed by atoms with van der Waals surface area (Å²) in [4.78, 5) is 11.9. The third-order valence-electron chi connectivity index (χ3n) is 2.80. The molecule has 0 saturated carbocycles. The van der Waals surface area contributed by atoms with E-state index in [1.54, 1.807) is 18.3 Å². The fourth-order valence-electron chi connectivity index (χ4n) is 1.78. The van der Waals surface area contributed by atoms with Crippen LogP contribution in [0.5, 0.6) is 0 Å². The molecule has 3 nitrogen and oxygen atoms in total. The molecule has 2 rings (SSSR count). The molecule has 0 spiro atoms. The topological polar surface area (TPSA) is 41.5 Å². The summed E-state index contributed by atoms with van der Waals surface area (Å²) in [6.07, 6.45) is 3.54. The second-order valence-electron chi connectivity index (χ2n) is 4.62. The first kappa shape index (κ1) is 16.3. The SMILES string of the molecule is CC(C=NNC(=O)c1ccc(Cl)cc1Cl)=Cc1ccccc1. The highest BCUT2D eigenvalue weighted by Gasteiger charge is 2.09. The predicted molar refractivity (Wildman–Crippen MR) is 92.5 cm³/mol. The summed E-state index contributed by atoms with van der Waals surface area (Å²) in [5.74, 6) is -0.384. The minimum atomic E-state index is -0.384. The van der Waals surface area contributed by atoms with Gasteiger partial charge >= 0.3 is 0 Å². The van der Waals surface area contributed by atoms with Crippen molar-refractivity contribution < 1.29 is 4.79 Å². The van der Waals surface area contributed by atoms with Gasteiger partial charge in [0.05, 0.1) is 16.8 Å². The Morgan fingerprint density at radius 1 is 1.14 bits per heavy atom. The summed E-state index contributed by atoms with van der Waals surface area (Å²) in [5.41, 5.74) is 4.74. The standard InChI is InChI=1S/C17H14Cl2N2O/c1-12(9-13-5-3-2-4-6-13)11-20-21-17(22)15-8-7-14(18)10-16(15)19/h2-11H,1H3,(H,21,22). The highest BCUT2D eigenvalue weighted by Crippen LogP contribution is 2.20. The number of nitrogens with zero attached hydrogens (tertiary/aromatic N) is 1. The van der Waals surface area contributed by atoms with Crippen molar-refractivity contribution in [1.29, 1.82) is 0 Å². The second kappa shape index (κ2) is 7.78. The van der Waals surface area contributed by atoms with Crippen molar-refractivity contribution in [2.45, 2.75) is 6.92 Å². The van der Waals surface area contributed by atoms with Crippen LogP contribution < -0.4 is 5.43 Å². The summed E-state index contributed by atoms with van der Waals surface area (Å²) in [5, 5.41) is 4.69. The average Bonchev–Trinajstić information content (AvgIpc) is 2.48. The molecule has 0 aliphatic rings. The van der Waals surface area contributed by atoms with Gasteiger partial charge in [-0.2, -0.15) is 5.10 Å². The Kier molecular flexibility index (Phi) is 5.75. The lowest BCUT2D eigenvalue weighted by atomic mass is 10.1. The first-order valence-corrected chi connectivity index (χ1v) is 7.33. The molecular weight excluding hydrogens is 319 g/mol. The highest BCUT2D eigenvalue weighted by atomic mass is 35.5. The molecule has 0 heterocycles. The molecule has 1 amide bonds. The van der Waals surface area contributed by atoms with Crippen LogP contribution in [0.2, 0.25) is 10.0 Å². The van der Waals surface area contributed by atoms with Crippen LogP contribution in [-0.4, -0.2) is 12.1 Å². The summed E-state index contributed by atoms with van der Waals surface area (Å²) in [6.45, 7) is 1.90. The molecule has 0 aromatic heterocycles. The monoisotopic (exact) mass is 332 g/mol. The Labute approximate surface area is 139 Å². The lowest BCUT2D eigenvalue weighted by Gasteiger charge is -2.02. The van der Waals surface area contributed by atoms with E-state index in [0.717, 1.165) is 11.1 Å². The molecule has 2 aromatic rings. The minimum Gasteiger partial charge on any atom is -0.267 e. The van der Waals surface area contributed by atoms with E-state index in [-0.39, 0.29) is 10.9 Å². The maximum Gasteiger partial charge on any atom is 0.272 e. The van der Waals surface area contributed by atoms with Crippen LogP contribution in [0.1, 0.15) is 22.8 Å². The molecule has 112 valence electrons. The molecule has 0 unspecified atom stereocenters. The van der Waals surface area contributed by atoms with Crippen molar-refractivity contribution in [3.8, 4) is 0 Å². The van der Waals surface area contributed by atoms with E-state index < -0.39 is 0 Å². The Bertz CT molecular complexity index is 725. The fourth-order valence-corrected chi connectivity index (χ4v) is 2.27. The number of hydrogen-bond acceptors (Lipinski definition) is 2. The molecule has 0 radical (unpaired) electrons. The van der Waals surface area contributed by atoms with E-state index in [4.69, 9.17) is 23.2 Å². The Morgan fingerprint density at radius 3 is 2.55 bits per heavy atom. The minimum absolute atomic E-state index is 0.289. The Balaban J connectivity index is 2.00. The van der Waals surface area contributed by atoms with Gasteiger partial charge in [0, 0.05) is 5.02 Å². The van der Waals surface area contributed by atoms with Gasteiger partial charge in [0.15, 0.2) is 0 Å². The summed E-state index contributed by atoms with van der Waals surface area (Å²) >= 11 is 11.8. The number of benzene rings is 2. The number of hydrogen-bond donors (Lipinski definition) is 1. The normalized spacial score (nSPS) is 11.7. The van der Waals surface area contributed by atoms with E-state index >= 15 is 0 Å². The van der Waals surface area contributed by atoms with Crippen LogP contribution in [0.15, 0.2) is 59.2 Å². The van der Waals surface area contributed by atoms with Crippen molar-refractivity contribution in [3.63, 3.8) is 0 Å². The predicted octanol–water partition coefficient (Wildman–Crippen LogP) is 4.81. The van der Waals surface area contributed by atoms with Crippen molar-refractivity contribution in [1.82, 2.24) is 5.43 Å². The van der Waals surface area contributed by atoms with Gasteiger partial charge in [0.2, 0.25) is 0 Å². The quantitative estimate of drug-likeness (QED) is 0.633. The smallest absolute Gasteiger partial charge is 0.267 e. The van der Waals surface area contributed by atoms with E-state index in [2.05, 4.69) is 10.5 Å². The van der Waals surface area contributed by atoms with Crippen LogP contribution in [0.3, 0.4) is 0 Å². The first-order chi connectivity index (χ1) is 10.6. The highest BCUT2D eigenvalue weighted by molar-refractivity contribution is 6.36. The average molecular weight is 333 g/mol. The molecule has 22 heavy (non-hydrogen) atoms. The summed E-state index contributed by atoms with van der Waals surface area (Å²) < 4.78 is 0. The zero-order valence-corrected chi connectivity index (χ0v) is 13.4. The Morgan fingerprint density at radius 2 is 1.86 bits per heavy atom. The van der Waals surface area contributed by atoms with Crippen LogP contribution in [-0.2, 0) is 0 Å². The first-order valence-electron chi connectivity index (χ1n) is 6.58. The molecule has 5 heteroatoms. The van der Waals surface area contributed by atoms with Gasteiger partial charge in [-0.3, -0.25) is 4.79 Å². The van der Waals surface area contributed by atoms with Gasteiger partial charge < -0.3 is 0 Å². The van der Waals surface area contributed by atoms with Gasteiger partial charge in [-0.15, -0.1) is 0 Å². The molecule has 2 aromatic carbocycles. The number of amides is 1. The van der Waals surface area contributed by atoms with Crippen molar-refractivity contribution in [2.24, 2.45) is 5.10 Å². The molecule has 0 aliphatic heterocycles. The number of allylic oxidation sites excluding steroid dienone is 1. The molecule has 0 saturated heterocycles. The van der Waals surface area contributed by atoms with Gasteiger partial charge in [-0.1, -0.05) is 59.6 Å². The lowest BCUT2D eigenvalue weighted by molar-refractivity contribution is 0.0955. The lowest BCUT2D eigenvalue weighted by Crippen LogP contribution is -2.17. The van der Waals surface area contributed by atoms with Crippen molar-refractivity contribution >= 4 is 41.4 Å². The van der Waals surface area contributed by atoms with Crippen LogP contribution >= 0.6 is 23.2 Å². The van der Waals surface area contributed by atoms with Gasteiger partial charge in [-0.25, -0.2) is 5.43 Å². The number of hydrazone groups is 1. The zero-order valence-electron chi connectivity index (χ0n) is 11.9. The van der Waals surface area contributed by atoms with E-state index in [1.165, 1.54) is 6.07 Å². The summed E-state index contributed by atoms with van der Waals surface area (Å²) in [6, 6.07) is 14.5. The summed E-state index contributed by atoms with van der Waals surface area (Å²) in [7, 11) is 0. The van der Waals surface area contributed by atoms with Crippen LogP contribution in [0.25, 0.3) is 6.08 Å². The molecular formula is C17H14Cl2N2O. The number of carbonyl (C=O) groups excluding carboxylic acids is 1. The van der Waals surface area contributed by atoms with Crippen LogP contribution in [0, 0.1) is 0 Å². The number of nitrogens with one attached hydrogen (secondary N) is 1. The van der Waals surface area contributed by atoms with E-state index in [9.17, 15) is 4.79 Å². The second-order valence-corrected chi connectivity index (χ2v) is 5.47. The molecule has 0 fully saturated rings. The molecule has 0 aliphatic carbocycles. The number of halogens is 2. The van der Waals surface area contributed by atoms with Gasteiger partial charge in [0.1, 0.15) is 0 Å². The Hall–Kier alpha value is -2.10. The fraction of sp³-hybridized carbons (Fsp3) is 0.0588. The van der Waals surface area contributed by atoms with Crippen LogP contribution in [0.4, 0.5) is 0 Å². The van der Waals surface area contributed by atoms with Crippen molar-refractivity contribution in [3.05, 3.63) is 75.3 Å². The third kappa shape index (κ3) is 4.72. The van der Waals surface area contributed by atoms with E-state index in [1.807, 2.05) is 43.3 Å². The molecule has 0 atom stereocenters. The number of rotatable bonds is 4. The van der Waals surface area contributed by atoms with E-state index in [0.29, 0.717) is 10.6 Å². The van der Waals surface area contributed by atoms with Gasteiger partial charge in [0.25, 0.3) is 5.91 Å². The van der Waals surface area contributed by atoms with Crippen molar-refractivity contribution in [2.75, 3.05) is 0 Å². The number of carbonyl (C=O) groups is 1. The zero-order chi connectivity index (χ0) is 15.9. The third-order valence-corrected chi connectivity index (χ3v) is 3.35. The van der Waals surface area contributed by atoms with Gasteiger partial charge in [-0.05, 0) is 36.3 Å². The molecule has 1 N–H and O–H groups in total. The maximum absolute atomic E-state index is 11.9.